The van der Waals surface area contributed by atoms with E-state index in [-0.39, 0.29) is 32.7 Å². The molecular formula is C3H15BF4NO. The van der Waals surface area contributed by atoms with E-state index in [1.165, 1.54) is 0 Å². The molecule has 0 spiro atoms. The van der Waals surface area contributed by atoms with E-state index in [4.69, 9.17) is 0 Å². The molecule has 2 N–H and O–H groups in total. The molecule has 0 aromatic heterocycles. The van der Waals surface area contributed by atoms with Crippen molar-refractivity contribution in [2.75, 3.05) is 21.1 Å². The van der Waals surface area contributed by atoms with Gasteiger partial charge in [0.2, 0.25) is 0 Å². The summed E-state index contributed by atoms with van der Waals surface area (Å²) in [5.74, 6) is 0. The maximum atomic E-state index is 2.00. The molecule has 2 nitrogen and oxygen atoms in total. The molecule has 0 bridgehead atoms. The fourth-order valence-electron chi connectivity index (χ4n) is 0. The molecule has 7 heteroatoms. The molecule has 0 aliphatic rings. The average Bonchev–Trinajstić information content (AvgIpc) is 0.811. The van der Waals surface area contributed by atoms with Crippen molar-refractivity contribution in [3.8, 4) is 0 Å². The quantitative estimate of drug-likeness (QED) is 0.357. The van der Waals surface area contributed by atoms with E-state index >= 15 is 0 Å². The molecule has 10 heavy (non-hydrogen) atoms. The van der Waals surface area contributed by atoms with Crippen molar-refractivity contribution in [2.24, 2.45) is 0 Å². The lowest BCUT2D eigenvalue weighted by atomic mass is 10.8. The highest BCUT2D eigenvalue weighted by Crippen LogP contribution is 1.47. The molecular weight excluding hydrogens is 153 g/mol. The Morgan fingerprint density at radius 3 is 0.700 bits per heavy atom. The van der Waals surface area contributed by atoms with Gasteiger partial charge in [0, 0.05) is 8.41 Å². The summed E-state index contributed by atoms with van der Waals surface area (Å²) in [5, 5.41) is 0. The minimum atomic E-state index is 0. The zero-order chi connectivity index (χ0) is 3.58. The van der Waals surface area contributed by atoms with Crippen LogP contribution in [0.25, 0.3) is 0 Å². The third-order valence-corrected chi connectivity index (χ3v) is 0. The van der Waals surface area contributed by atoms with Crippen LogP contribution < -0.4 is 0 Å². The summed E-state index contributed by atoms with van der Waals surface area (Å²) in [6.07, 6.45) is 0. The predicted octanol–water partition coefficient (Wildman–Crippen LogP) is -0.418. The van der Waals surface area contributed by atoms with Gasteiger partial charge in [-0.05, 0) is 21.1 Å². The minimum absolute atomic E-state index is 0. The van der Waals surface area contributed by atoms with Crippen LogP contribution in [0.1, 0.15) is 0 Å². The van der Waals surface area contributed by atoms with Crippen LogP contribution >= 0.6 is 0 Å². The standard InChI is InChI=1S/C3H9N.B.4FH.H2O/c1-4(2)3;;;;;;/h1-3H3;;4*1H;1H2. The highest BCUT2D eigenvalue weighted by molar-refractivity contribution is 5.75. The molecule has 0 fully saturated rings. The Balaban J connectivity index is -0.00000000300. The summed E-state index contributed by atoms with van der Waals surface area (Å²) in [7, 11) is 6.00. The summed E-state index contributed by atoms with van der Waals surface area (Å²) in [4.78, 5) is 2.00. The largest absolute Gasteiger partial charge is 0.412 e. The van der Waals surface area contributed by atoms with E-state index < -0.39 is 0 Å². The zero-order valence-electron chi connectivity index (χ0n) is 6.16. The third-order valence-electron chi connectivity index (χ3n) is 0. The van der Waals surface area contributed by atoms with Crippen molar-refractivity contribution in [2.45, 2.75) is 0 Å². The fraction of sp³-hybridized carbons (Fsp3) is 1.00. The molecule has 3 radical (unpaired) electrons. The summed E-state index contributed by atoms with van der Waals surface area (Å²) in [6, 6.07) is 0. The highest BCUT2D eigenvalue weighted by Gasteiger charge is 1.58. The van der Waals surface area contributed by atoms with Crippen molar-refractivity contribution in [1.29, 1.82) is 0 Å². The lowest BCUT2D eigenvalue weighted by molar-refractivity contribution is 0.505. The maximum absolute atomic E-state index is 2.00. The summed E-state index contributed by atoms with van der Waals surface area (Å²) < 4.78 is 0. The second kappa shape index (κ2) is 70.6. The second-order valence-electron chi connectivity index (χ2n) is 1.34. The number of halogens is 4. The van der Waals surface area contributed by atoms with Crippen LogP contribution in [0.2, 0.25) is 0 Å². The lowest BCUT2D eigenvalue weighted by Crippen LogP contribution is -1.99. The summed E-state index contributed by atoms with van der Waals surface area (Å²) >= 11 is 0. The summed E-state index contributed by atoms with van der Waals surface area (Å²) in [6.45, 7) is 0. The van der Waals surface area contributed by atoms with Gasteiger partial charge in [-0.2, -0.15) is 0 Å². The van der Waals surface area contributed by atoms with Crippen molar-refractivity contribution in [3.05, 3.63) is 0 Å². The first-order valence-corrected chi connectivity index (χ1v) is 1.34. The van der Waals surface area contributed by atoms with E-state index in [1.807, 2.05) is 26.0 Å². The zero-order valence-corrected chi connectivity index (χ0v) is 6.16. The van der Waals surface area contributed by atoms with Gasteiger partial charge >= 0.3 is 0 Å². The maximum Gasteiger partial charge on any atom is 0 e. The van der Waals surface area contributed by atoms with Crippen LogP contribution in [0.4, 0.5) is 18.8 Å². The molecule has 69 valence electrons. The Labute approximate surface area is 59.9 Å². The Morgan fingerprint density at radius 1 is 0.700 bits per heavy atom. The molecule has 0 amide bonds. The normalized spacial score (nSPS) is 3.60. The molecule has 0 unspecified atom stereocenters. The number of rotatable bonds is 0. The molecule has 0 aliphatic heterocycles. The SMILES string of the molecule is CN(C)C.F.F.F.F.O.[B]. The molecule has 0 saturated carbocycles. The molecule has 0 aromatic carbocycles. The van der Waals surface area contributed by atoms with Crippen molar-refractivity contribution >= 4 is 8.41 Å². The lowest BCUT2D eigenvalue weighted by Gasteiger charge is -1.90. The van der Waals surface area contributed by atoms with E-state index in [0.717, 1.165) is 0 Å². The van der Waals surface area contributed by atoms with Crippen molar-refractivity contribution < 1.29 is 24.3 Å². The fourth-order valence-corrected chi connectivity index (χ4v) is 0. The van der Waals surface area contributed by atoms with Crippen LogP contribution in [0.3, 0.4) is 0 Å². The minimum Gasteiger partial charge on any atom is -0.412 e. The van der Waals surface area contributed by atoms with Gasteiger partial charge in [0.15, 0.2) is 0 Å². The predicted molar refractivity (Wildman–Crippen MR) is 39.0 cm³/mol. The average molecular weight is 168 g/mol. The Kier molecular flexibility index (Phi) is 710. The van der Waals surface area contributed by atoms with Gasteiger partial charge < -0.3 is 10.4 Å². The van der Waals surface area contributed by atoms with Crippen LogP contribution in [0.15, 0.2) is 0 Å². The third kappa shape index (κ3) is 3980. The van der Waals surface area contributed by atoms with E-state index in [9.17, 15) is 0 Å². The molecule has 0 heterocycles. The smallest absolute Gasteiger partial charge is 0 e. The van der Waals surface area contributed by atoms with Crippen LogP contribution in [-0.2, 0) is 0 Å². The second-order valence-corrected chi connectivity index (χ2v) is 1.34. The van der Waals surface area contributed by atoms with E-state index in [1.54, 1.807) is 0 Å². The highest BCUT2D eigenvalue weighted by atomic mass is 19.0. The monoisotopic (exact) mass is 168 g/mol. The van der Waals surface area contributed by atoms with Gasteiger partial charge in [-0.1, -0.05) is 0 Å². The van der Waals surface area contributed by atoms with E-state index in [0.29, 0.717) is 0 Å². The molecule has 0 aliphatic carbocycles. The summed E-state index contributed by atoms with van der Waals surface area (Å²) in [5.41, 5.74) is 0. The molecule has 0 atom stereocenters. The molecule has 0 saturated heterocycles. The van der Waals surface area contributed by atoms with Gasteiger partial charge in [-0.15, -0.1) is 0 Å². The first-order chi connectivity index (χ1) is 1.73. The first-order valence-electron chi connectivity index (χ1n) is 1.34. The molecule has 0 rings (SSSR count). The van der Waals surface area contributed by atoms with Gasteiger partial charge in [0.25, 0.3) is 0 Å². The van der Waals surface area contributed by atoms with E-state index in [2.05, 4.69) is 0 Å². The van der Waals surface area contributed by atoms with Gasteiger partial charge in [-0.25, -0.2) is 0 Å². The van der Waals surface area contributed by atoms with Gasteiger partial charge in [0.05, 0.1) is 0 Å². The van der Waals surface area contributed by atoms with Crippen molar-refractivity contribution in [1.82, 2.24) is 4.90 Å². The number of hydrogen-bond acceptors (Lipinski definition) is 1. The number of hydrogen-bond donors (Lipinski definition) is 0. The Bertz CT molecular complexity index is 25.2. The Morgan fingerprint density at radius 2 is 0.700 bits per heavy atom. The first kappa shape index (κ1) is 101. The van der Waals surface area contributed by atoms with Crippen LogP contribution in [0.5, 0.6) is 0 Å². The van der Waals surface area contributed by atoms with Gasteiger partial charge in [0.1, 0.15) is 0 Å². The topological polar surface area (TPSA) is 34.7 Å². The van der Waals surface area contributed by atoms with Gasteiger partial charge in [-0.3, -0.25) is 18.8 Å². The van der Waals surface area contributed by atoms with Crippen molar-refractivity contribution in [3.63, 3.8) is 0 Å². The Hall–Kier alpha value is -0.295. The number of nitrogens with zero attached hydrogens (tertiary/aromatic N) is 1. The molecule has 0 aromatic rings. The van der Waals surface area contributed by atoms with Crippen LogP contribution in [0, 0.1) is 0 Å². The van der Waals surface area contributed by atoms with Crippen LogP contribution in [-0.4, -0.2) is 39.9 Å².